The van der Waals surface area contributed by atoms with Gasteiger partial charge in [-0.2, -0.15) is 0 Å². The zero-order chi connectivity index (χ0) is 19.5. The highest BCUT2D eigenvalue weighted by molar-refractivity contribution is 5.84. The molecule has 0 spiro atoms. The Labute approximate surface area is 164 Å². The van der Waals surface area contributed by atoms with Crippen molar-refractivity contribution in [2.45, 2.75) is 30.8 Å². The van der Waals surface area contributed by atoms with Crippen LogP contribution in [0.1, 0.15) is 35.8 Å². The summed E-state index contributed by atoms with van der Waals surface area (Å²) in [5.41, 5.74) is 1.72. The van der Waals surface area contributed by atoms with Crippen LogP contribution in [0.25, 0.3) is 0 Å². The number of hydrogen-bond donors (Lipinski definition) is 1. The molecule has 0 radical (unpaired) electrons. The summed E-state index contributed by atoms with van der Waals surface area (Å²) in [6.45, 7) is 0.933. The van der Waals surface area contributed by atoms with Crippen LogP contribution in [-0.4, -0.2) is 36.4 Å². The van der Waals surface area contributed by atoms with Crippen molar-refractivity contribution in [1.82, 2.24) is 0 Å². The molecule has 1 aliphatic heterocycles. The second kappa shape index (κ2) is 8.15. The highest BCUT2D eigenvalue weighted by Crippen LogP contribution is 2.58. The van der Waals surface area contributed by atoms with Crippen molar-refractivity contribution in [3.05, 3.63) is 71.8 Å². The number of esters is 1. The first-order valence-corrected chi connectivity index (χ1v) is 9.77. The largest absolute Gasteiger partial charge is 0.481 e. The Morgan fingerprint density at radius 1 is 0.929 bits per heavy atom. The van der Waals surface area contributed by atoms with Gasteiger partial charge in [0.05, 0.1) is 17.9 Å². The molecule has 4 rings (SSSR count). The van der Waals surface area contributed by atoms with Crippen LogP contribution in [0.5, 0.6) is 0 Å². The van der Waals surface area contributed by atoms with E-state index in [1.807, 2.05) is 60.7 Å². The van der Waals surface area contributed by atoms with Crippen LogP contribution in [-0.2, 0) is 19.1 Å². The third-order valence-electron chi connectivity index (χ3n) is 5.91. The molecule has 0 bridgehead atoms. The van der Waals surface area contributed by atoms with E-state index in [4.69, 9.17) is 9.47 Å². The lowest BCUT2D eigenvalue weighted by Crippen LogP contribution is -2.51. The second-order valence-electron chi connectivity index (χ2n) is 7.53. The van der Waals surface area contributed by atoms with Gasteiger partial charge in [0.15, 0.2) is 0 Å². The molecule has 0 amide bonds. The Morgan fingerprint density at radius 3 is 1.96 bits per heavy atom. The smallest absolute Gasteiger partial charge is 0.310 e. The number of carbonyl (C=O) groups excluding carboxylic acids is 1. The van der Waals surface area contributed by atoms with E-state index in [9.17, 15) is 14.7 Å². The summed E-state index contributed by atoms with van der Waals surface area (Å²) in [4.78, 5) is 25.2. The molecule has 2 fully saturated rings. The Balaban J connectivity index is 1.62. The van der Waals surface area contributed by atoms with Crippen molar-refractivity contribution in [3.63, 3.8) is 0 Å². The summed E-state index contributed by atoms with van der Waals surface area (Å²) in [5, 5.41) is 9.93. The Morgan fingerprint density at radius 2 is 1.50 bits per heavy atom. The molecule has 5 heteroatoms. The van der Waals surface area contributed by atoms with Gasteiger partial charge in [0, 0.05) is 18.4 Å². The first-order valence-electron chi connectivity index (χ1n) is 9.77. The van der Waals surface area contributed by atoms with E-state index < -0.39 is 29.6 Å². The maximum absolute atomic E-state index is 13.0. The van der Waals surface area contributed by atoms with Crippen LogP contribution in [0.15, 0.2) is 60.7 Å². The number of carboxylic acid groups (broad SMARTS) is 1. The summed E-state index contributed by atoms with van der Waals surface area (Å²) in [6, 6.07) is 18.8. The Hall–Kier alpha value is -2.66. The normalized spacial score (nSPS) is 29.1. The third kappa shape index (κ3) is 3.54. The van der Waals surface area contributed by atoms with E-state index in [2.05, 4.69) is 0 Å². The molecule has 2 aliphatic rings. The number of carboxylic acids is 1. The van der Waals surface area contributed by atoms with E-state index in [0.717, 1.165) is 24.0 Å². The van der Waals surface area contributed by atoms with E-state index >= 15 is 0 Å². The van der Waals surface area contributed by atoms with Gasteiger partial charge in [-0.25, -0.2) is 0 Å². The molecule has 1 heterocycles. The highest BCUT2D eigenvalue weighted by Gasteiger charge is 2.59. The van der Waals surface area contributed by atoms with Crippen LogP contribution in [0.4, 0.5) is 0 Å². The summed E-state index contributed by atoms with van der Waals surface area (Å²) < 4.78 is 11.2. The number of benzene rings is 2. The maximum atomic E-state index is 13.0. The van der Waals surface area contributed by atoms with Crippen molar-refractivity contribution in [1.29, 1.82) is 0 Å². The van der Waals surface area contributed by atoms with Gasteiger partial charge in [-0.3, -0.25) is 9.59 Å². The Bertz CT molecular complexity index is 766. The van der Waals surface area contributed by atoms with Crippen molar-refractivity contribution >= 4 is 11.9 Å². The lowest BCUT2D eigenvalue weighted by Gasteiger charge is -2.49. The van der Waals surface area contributed by atoms with Gasteiger partial charge in [-0.05, 0) is 24.0 Å². The van der Waals surface area contributed by atoms with Crippen molar-refractivity contribution in [2.75, 3.05) is 13.2 Å². The zero-order valence-corrected chi connectivity index (χ0v) is 15.6. The van der Waals surface area contributed by atoms with Crippen LogP contribution < -0.4 is 0 Å². The number of carbonyl (C=O) groups is 2. The number of ether oxygens (including phenoxy) is 2. The standard InChI is InChI=1S/C23H24O5/c24-22(25)20-18(15-8-3-1-4-9-15)21(19(20)16-10-5-2-6-11-16)23(26)28-14-17-12-7-13-27-17/h1-6,8-11,17-21H,7,12-14H2,(H,24,25)/t17-,18+,19+,20?,21?/m0/s1. The predicted octanol–water partition coefficient (Wildman–Crippen LogP) is 3.61. The molecule has 1 aliphatic carbocycles. The molecule has 1 N–H and O–H groups in total. The van der Waals surface area contributed by atoms with Crippen molar-refractivity contribution < 1.29 is 24.2 Å². The van der Waals surface area contributed by atoms with Crippen LogP contribution in [0.2, 0.25) is 0 Å². The van der Waals surface area contributed by atoms with Gasteiger partial charge in [0.25, 0.3) is 0 Å². The fourth-order valence-corrected chi connectivity index (χ4v) is 4.58. The van der Waals surface area contributed by atoms with Crippen LogP contribution in [0, 0.1) is 11.8 Å². The minimum atomic E-state index is -0.883. The lowest BCUT2D eigenvalue weighted by molar-refractivity contribution is -0.166. The molecule has 3 atom stereocenters. The van der Waals surface area contributed by atoms with Gasteiger partial charge in [-0.1, -0.05) is 60.7 Å². The molecule has 0 unspecified atom stereocenters. The van der Waals surface area contributed by atoms with Gasteiger partial charge in [0.1, 0.15) is 6.61 Å². The quantitative estimate of drug-likeness (QED) is 0.775. The minimum absolute atomic E-state index is 0.0513. The lowest BCUT2D eigenvalue weighted by atomic mass is 9.52. The van der Waals surface area contributed by atoms with Gasteiger partial charge >= 0.3 is 11.9 Å². The first-order chi connectivity index (χ1) is 13.7. The maximum Gasteiger partial charge on any atom is 0.310 e. The second-order valence-corrected chi connectivity index (χ2v) is 7.53. The van der Waals surface area contributed by atoms with Gasteiger partial charge < -0.3 is 14.6 Å². The van der Waals surface area contributed by atoms with Crippen LogP contribution >= 0.6 is 0 Å². The molecule has 146 valence electrons. The molecule has 1 saturated carbocycles. The summed E-state index contributed by atoms with van der Waals surface area (Å²) >= 11 is 0. The number of rotatable bonds is 6. The molecule has 2 aromatic rings. The average Bonchev–Trinajstić information content (AvgIpc) is 3.21. The predicted molar refractivity (Wildman–Crippen MR) is 103 cm³/mol. The summed E-state index contributed by atoms with van der Waals surface area (Å²) in [6.07, 6.45) is 1.82. The molecule has 28 heavy (non-hydrogen) atoms. The van der Waals surface area contributed by atoms with E-state index in [1.54, 1.807) is 0 Å². The molecular weight excluding hydrogens is 356 g/mol. The number of aliphatic carboxylic acids is 1. The fourth-order valence-electron chi connectivity index (χ4n) is 4.58. The van der Waals surface area contributed by atoms with E-state index in [0.29, 0.717) is 6.61 Å². The fraction of sp³-hybridized carbons (Fsp3) is 0.391. The average molecular weight is 380 g/mol. The molecule has 1 saturated heterocycles. The van der Waals surface area contributed by atoms with Crippen molar-refractivity contribution in [2.24, 2.45) is 11.8 Å². The molecular formula is C23H24O5. The zero-order valence-electron chi connectivity index (χ0n) is 15.6. The molecule has 2 aromatic carbocycles. The SMILES string of the molecule is O=C(O)C1[C@@H](c2ccccc2)C(C(=O)OC[C@@H]2CCCO2)[C@@H]1c1ccccc1. The Kier molecular flexibility index (Phi) is 5.44. The number of hydrogen-bond acceptors (Lipinski definition) is 4. The molecule has 5 nitrogen and oxygen atoms in total. The van der Waals surface area contributed by atoms with E-state index in [1.165, 1.54) is 0 Å². The summed E-state index contributed by atoms with van der Waals surface area (Å²) in [7, 11) is 0. The third-order valence-corrected chi connectivity index (χ3v) is 5.91. The van der Waals surface area contributed by atoms with Gasteiger partial charge in [-0.15, -0.1) is 0 Å². The van der Waals surface area contributed by atoms with Gasteiger partial charge in [0.2, 0.25) is 0 Å². The highest BCUT2D eigenvalue weighted by atomic mass is 16.6. The molecule has 0 aromatic heterocycles. The first kappa shape index (κ1) is 18.7. The van der Waals surface area contributed by atoms with Crippen LogP contribution in [0.3, 0.4) is 0 Å². The summed E-state index contributed by atoms with van der Waals surface area (Å²) in [5.74, 6) is -3.21. The minimum Gasteiger partial charge on any atom is -0.481 e. The van der Waals surface area contributed by atoms with Crippen molar-refractivity contribution in [3.8, 4) is 0 Å². The van der Waals surface area contributed by atoms with E-state index in [-0.39, 0.29) is 18.7 Å². The monoisotopic (exact) mass is 380 g/mol. The topological polar surface area (TPSA) is 72.8 Å².